The van der Waals surface area contributed by atoms with Crippen LogP contribution in [0.2, 0.25) is 0 Å². The average molecular weight is 330 g/mol. The average Bonchev–Trinajstić information content (AvgIpc) is 3.04. The molecule has 0 saturated heterocycles. The van der Waals surface area contributed by atoms with Crippen LogP contribution >= 0.6 is 0 Å². The SMILES string of the molecule is C=CCOCC(O)CN(CC=C)CC1CC(c2ccccc2)=NO1. The van der Waals surface area contributed by atoms with E-state index in [9.17, 15) is 5.11 Å². The summed E-state index contributed by atoms with van der Waals surface area (Å²) in [5.74, 6) is 0. The third-order valence-electron chi connectivity index (χ3n) is 3.70. The molecule has 1 aliphatic rings. The minimum absolute atomic E-state index is 0.0125. The molecule has 1 aliphatic heterocycles. The summed E-state index contributed by atoms with van der Waals surface area (Å²) in [6, 6.07) is 10.0. The highest BCUT2D eigenvalue weighted by Crippen LogP contribution is 2.17. The number of hydrogen-bond acceptors (Lipinski definition) is 5. The van der Waals surface area contributed by atoms with Crippen molar-refractivity contribution in [3.8, 4) is 0 Å². The molecule has 1 N–H and O–H groups in total. The Morgan fingerprint density at radius 2 is 2.12 bits per heavy atom. The van der Waals surface area contributed by atoms with Crippen molar-refractivity contribution in [1.29, 1.82) is 0 Å². The van der Waals surface area contributed by atoms with Crippen LogP contribution in [0, 0.1) is 0 Å². The van der Waals surface area contributed by atoms with Crippen LogP contribution in [0.1, 0.15) is 12.0 Å². The van der Waals surface area contributed by atoms with E-state index in [2.05, 4.69) is 23.2 Å². The molecule has 0 aromatic heterocycles. The van der Waals surface area contributed by atoms with Crippen LogP contribution in [0.25, 0.3) is 0 Å². The number of ether oxygens (including phenoxy) is 1. The van der Waals surface area contributed by atoms with Crippen molar-refractivity contribution in [3.63, 3.8) is 0 Å². The Hall–Kier alpha value is -1.95. The molecule has 0 amide bonds. The first-order valence-corrected chi connectivity index (χ1v) is 8.21. The van der Waals surface area contributed by atoms with Gasteiger partial charge in [-0.3, -0.25) is 4.90 Å². The predicted molar refractivity (Wildman–Crippen MR) is 96.1 cm³/mol. The van der Waals surface area contributed by atoms with Gasteiger partial charge in [-0.2, -0.15) is 0 Å². The van der Waals surface area contributed by atoms with Gasteiger partial charge in [0, 0.05) is 26.1 Å². The number of aliphatic hydroxyl groups excluding tert-OH is 1. The van der Waals surface area contributed by atoms with Crippen molar-refractivity contribution in [2.75, 3.05) is 32.8 Å². The van der Waals surface area contributed by atoms with Gasteiger partial charge in [0.25, 0.3) is 0 Å². The molecule has 1 aromatic rings. The summed E-state index contributed by atoms with van der Waals surface area (Å²) < 4.78 is 5.29. The van der Waals surface area contributed by atoms with E-state index in [1.54, 1.807) is 6.08 Å². The van der Waals surface area contributed by atoms with Gasteiger partial charge in [0.15, 0.2) is 0 Å². The van der Waals surface area contributed by atoms with E-state index >= 15 is 0 Å². The standard InChI is InChI=1S/C19H26N2O3/c1-3-10-21(13-17(22)15-23-11-4-2)14-18-12-19(20-24-18)16-8-6-5-7-9-16/h3-9,17-18,22H,1-2,10-15H2. The fourth-order valence-corrected chi connectivity index (χ4v) is 2.66. The monoisotopic (exact) mass is 330 g/mol. The molecule has 0 aliphatic carbocycles. The minimum atomic E-state index is -0.555. The molecule has 1 heterocycles. The lowest BCUT2D eigenvalue weighted by Crippen LogP contribution is -2.39. The molecular weight excluding hydrogens is 304 g/mol. The lowest BCUT2D eigenvalue weighted by Gasteiger charge is -2.25. The van der Waals surface area contributed by atoms with Gasteiger partial charge in [-0.1, -0.05) is 47.6 Å². The second-order valence-electron chi connectivity index (χ2n) is 5.82. The van der Waals surface area contributed by atoms with Crippen molar-refractivity contribution in [1.82, 2.24) is 4.90 Å². The van der Waals surface area contributed by atoms with E-state index in [-0.39, 0.29) is 12.7 Å². The van der Waals surface area contributed by atoms with Crippen LogP contribution in [0.3, 0.4) is 0 Å². The zero-order valence-corrected chi connectivity index (χ0v) is 14.0. The second-order valence-corrected chi connectivity index (χ2v) is 5.82. The Labute approximate surface area is 143 Å². The fraction of sp³-hybridized carbons (Fsp3) is 0.421. The molecule has 2 unspecified atom stereocenters. The maximum Gasteiger partial charge on any atom is 0.145 e. The quantitative estimate of drug-likeness (QED) is 0.499. The molecule has 24 heavy (non-hydrogen) atoms. The molecule has 0 bridgehead atoms. The largest absolute Gasteiger partial charge is 0.390 e. The smallest absolute Gasteiger partial charge is 0.145 e. The van der Waals surface area contributed by atoms with E-state index in [1.807, 2.05) is 36.4 Å². The van der Waals surface area contributed by atoms with E-state index in [4.69, 9.17) is 9.57 Å². The third-order valence-corrected chi connectivity index (χ3v) is 3.70. The van der Waals surface area contributed by atoms with Crippen LogP contribution in [0.5, 0.6) is 0 Å². The van der Waals surface area contributed by atoms with Crippen LogP contribution in [-0.4, -0.2) is 60.8 Å². The van der Waals surface area contributed by atoms with Gasteiger partial charge in [0.1, 0.15) is 6.10 Å². The summed E-state index contributed by atoms with van der Waals surface area (Å²) >= 11 is 0. The van der Waals surface area contributed by atoms with Gasteiger partial charge in [0.05, 0.1) is 25.0 Å². The number of rotatable bonds is 11. The molecule has 0 saturated carbocycles. The van der Waals surface area contributed by atoms with Crippen LogP contribution in [-0.2, 0) is 9.57 Å². The first-order chi connectivity index (χ1) is 11.7. The lowest BCUT2D eigenvalue weighted by atomic mass is 10.0. The molecular formula is C19H26N2O3. The molecule has 0 fully saturated rings. The predicted octanol–water partition coefficient (Wildman–Crippen LogP) is 2.23. The lowest BCUT2D eigenvalue weighted by molar-refractivity contribution is 0.00895. The Balaban J connectivity index is 1.81. The Morgan fingerprint density at radius 3 is 2.83 bits per heavy atom. The second kappa shape index (κ2) is 10.0. The molecule has 2 rings (SSSR count). The number of hydrogen-bond donors (Lipinski definition) is 1. The third kappa shape index (κ3) is 5.92. The van der Waals surface area contributed by atoms with Gasteiger partial charge in [0.2, 0.25) is 0 Å². The van der Waals surface area contributed by atoms with Crippen molar-refractivity contribution in [2.24, 2.45) is 5.16 Å². The van der Waals surface area contributed by atoms with Crippen LogP contribution < -0.4 is 0 Å². The summed E-state index contributed by atoms with van der Waals surface area (Å²) in [5.41, 5.74) is 2.06. The molecule has 2 atom stereocenters. The molecule has 0 spiro atoms. The fourth-order valence-electron chi connectivity index (χ4n) is 2.66. The normalized spacial score (nSPS) is 18.1. The van der Waals surface area contributed by atoms with Gasteiger partial charge in [-0.05, 0) is 5.56 Å². The number of benzene rings is 1. The van der Waals surface area contributed by atoms with Crippen LogP contribution in [0.15, 0.2) is 60.8 Å². The molecule has 5 nitrogen and oxygen atoms in total. The molecule has 5 heteroatoms. The van der Waals surface area contributed by atoms with Gasteiger partial charge >= 0.3 is 0 Å². The van der Waals surface area contributed by atoms with E-state index in [1.165, 1.54) is 0 Å². The van der Waals surface area contributed by atoms with Gasteiger partial charge < -0.3 is 14.7 Å². The Morgan fingerprint density at radius 1 is 1.33 bits per heavy atom. The van der Waals surface area contributed by atoms with Crippen molar-refractivity contribution in [2.45, 2.75) is 18.6 Å². The first kappa shape index (κ1) is 18.4. The topological polar surface area (TPSA) is 54.3 Å². The number of aliphatic hydroxyl groups is 1. The number of oxime groups is 1. The summed E-state index contributed by atoms with van der Waals surface area (Å²) in [5, 5.41) is 14.3. The molecule has 0 radical (unpaired) electrons. The number of nitrogens with zero attached hydrogens (tertiary/aromatic N) is 2. The minimum Gasteiger partial charge on any atom is -0.390 e. The zero-order valence-electron chi connectivity index (χ0n) is 14.0. The molecule has 130 valence electrons. The summed E-state index contributed by atoms with van der Waals surface area (Å²) in [4.78, 5) is 7.66. The highest BCUT2D eigenvalue weighted by Gasteiger charge is 2.25. The van der Waals surface area contributed by atoms with E-state index in [0.29, 0.717) is 26.2 Å². The van der Waals surface area contributed by atoms with Gasteiger partial charge in [-0.25, -0.2) is 0 Å². The zero-order chi connectivity index (χ0) is 17.2. The summed E-state index contributed by atoms with van der Waals surface area (Å²) in [7, 11) is 0. The summed E-state index contributed by atoms with van der Waals surface area (Å²) in [6.45, 7) is 9.97. The molecule has 1 aromatic carbocycles. The first-order valence-electron chi connectivity index (χ1n) is 8.21. The maximum atomic E-state index is 10.1. The Bertz CT molecular complexity index is 545. The highest BCUT2D eigenvalue weighted by molar-refractivity contribution is 6.01. The summed E-state index contributed by atoms with van der Waals surface area (Å²) in [6.07, 6.45) is 3.69. The van der Waals surface area contributed by atoms with E-state index in [0.717, 1.165) is 17.7 Å². The van der Waals surface area contributed by atoms with Crippen molar-refractivity contribution < 1.29 is 14.7 Å². The highest BCUT2D eigenvalue weighted by atomic mass is 16.6. The Kier molecular flexibility index (Phi) is 7.68. The van der Waals surface area contributed by atoms with Crippen molar-refractivity contribution in [3.05, 3.63) is 61.2 Å². The van der Waals surface area contributed by atoms with Crippen LogP contribution in [0.4, 0.5) is 0 Å². The van der Waals surface area contributed by atoms with E-state index < -0.39 is 6.10 Å². The van der Waals surface area contributed by atoms with Crippen molar-refractivity contribution >= 4 is 5.71 Å². The maximum absolute atomic E-state index is 10.1. The van der Waals surface area contributed by atoms with Gasteiger partial charge in [-0.15, -0.1) is 13.2 Å².